The van der Waals surface area contributed by atoms with Gasteiger partial charge in [0.05, 0.1) is 19.3 Å². The number of benzene rings is 2. The fourth-order valence-electron chi connectivity index (χ4n) is 3.80. The molecule has 1 fully saturated rings. The van der Waals surface area contributed by atoms with Gasteiger partial charge in [0, 0.05) is 49.9 Å². The highest BCUT2D eigenvalue weighted by atomic mass is 32.2. The second kappa shape index (κ2) is 8.82. The molecule has 0 radical (unpaired) electrons. The number of carbonyl (C=O) groups excluding carboxylic acids is 1. The number of anilines is 2. The predicted octanol–water partition coefficient (Wildman–Crippen LogP) is 3.36. The highest BCUT2D eigenvalue weighted by molar-refractivity contribution is 8.03. The third-order valence-corrected chi connectivity index (χ3v) is 6.74. The van der Waals surface area contributed by atoms with Gasteiger partial charge in [-0.1, -0.05) is 30.0 Å². The third kappa shape index (κ3) is 4.02. The highest BCUT2D eigenvalue weighted by Crippen LogP contribution is 2.46. The molecular formula is C23H24N4O2S. The fourth-order valence-corrected chi connectivity index (χ4v) is 4.97. The lowest BCUT2D eigenvalue weighted by Crippen LogP contribution is -2.48. The molecule has 2 aliphatic rings. The van der Waals surface area contributed by atoms with Gasteiger partial charge < -0.3 is 14.5 Å². The van der Waals surface area contributed by atoms with Crippen LogP contribution in [0, 0.1) is 11.3 Å². The van der Waals surface area contributed by atoms with Gasteiger partial charge in [-0.25, -0.2) is 0 Å². The van der Waals surface area contributed by atoms with Crippen LogP contribution in [0.2, 0.25) is 0 Å². The molecule has 0 aliphatic carbocycles. The Balaban J connectivity index is 1.40. The van der Waals surface area contributed by atoms with Gasteiger partial charge in [0.1, 0.15) is 22.4 Å². The average Bonchev–Trinajstić information content (AvgIpc) is 3.11. The van der Waals surface area contributed by atoms with Crippen molar-refractivity contribution in [2.45, 2.75) is 4.90 Å². The van der Waals surface area contributed by atoms with Crippen LogP contribution in [-0.4, -0.2) is 57.6 Å². The molecule has 0 N–H and O–H groups in total. The van der Waals surface area contributed by atoms with E-state index in [0.717, 1.165) is 53.2 Å². The molecule has 4 rings (SSSR count). The number of nitriles is 1. The van der Waals surface area contributed by atoms with E-state index in [9.17, 15) is 10.1 Å². The van der Waals surface area contributed by atoms with Crippen LogP contribution in [0.3, 0.4) is 0 Å². The van der Waals surface area contributed by atoms with Crippen molar-refractivity contribution in [2.75, 3.05) is 56.7 Å². The van der Waals surface area contributed by atoms with Crippen LogP contribution in [0.4, 0.5) is 11.4 Å². The number of fused-ring (bicyclic) bond motifs is 1. The number of methoxy groups -OCH3 is 1. The van der Waals surface area contributed by atoms with Gasteiger partial charge >= 0.3 is 0 Å². The van der Waals surface area contributed by atoms with E-state index in [2.05, 4.69) is 21.9 Å². The first-order valence-corrected chi connectivity index (χ1v) is 10.7. The van der Waals surface area contributed by atoms with E-state index >= 15 is 0 Å². The van der Waals surface area contributed by atoms with Crippen LogP contribution in [0.1, 0.15) is 0 Å². The van der Waals surface area contributed by atoms with E-state index in [-0.39, 0.29) is 17.9 Å². The van der Waals surface area contributed by atoms with E-state index in [4.69, 9.17) is 4.74 Å². The number of piperazine rings is 1. The van der Waals surface area contributed by atoms with Crippen molar-refractivity contribution in [3.05, 3.63) is 59.1 Å². The van der Waals surface area contributed by atoms with E-state index in [1.807, 2.05) is 54.4 Å². The van der Waals surface area contributed by atoms with Crippen LogP contribution in [-0.2, 0) is 4.79 Å². The minimum Gasteiger partial charge on any atom is -0.497 e. The van der Waals surface area contributed by atoms with Gasteiger partial charge in [-0.05, 0) is 24.3 Å². The van der Waals surface area contributed by atoms with E-state index < -0.39 is 0 Å². The molecule has 6 nitrogen and oxygen atoms in total. The second-order valence-corrected chi connectivity index (χ2v) is 8.34. The molecule has 0 saturated carbocycles. The quantitative estimate of drug-likeness (QED) is 0.543. The van der Waals surface area contributed by atoms with Crippen molar-refractivity contribution < 1.29 is 9.53 Å². The molecular weight excluding hydrogens is 396 g/mol. The van der Waals surface area contributed by atoms with Gasteiger partial charge in [-0.2, -0.15) is 5.26 Å². The standard InChI is InChI=1S/C23H24N4O2S/c1-25-20-8-3-4-9-22(20)30-23(25)19(15-24)21(28)16-26-10-12-27(13-11-26)17-6-5-7-18(14-17)29-2/h3-9,14H,10-13,16H2,1-2H3/b23-19-. The Hall–Kier alpha value is -2.95. The zero-order valence-corrected chi connectivity index (χ0v) is 18.0. The smallest absolute Gasteiger partial charge is 0.190 e. The largest absolute Gasteiger partial charge is 0.497 e. The number of Topliss-reactive ketones (excluding diaryl/α,β-unsaturated/α-hetero) is 1. The summed E-state index contributed by atoms with van der Waals surface area (Å²) in [4.78, 5) is 20.4. The van der Waals surface area contributed by atoms with Crippen molar-refractivity contribution in [2.24, 2.45) is 0 Å². The molecule has 2 aromatic rings. The Morgan fingerprint density at radius 3 is 2.60 bits per heavy atom. The number of hydrogen-bond donors (Lipinski definition) is 0. The Morgan fingerprint density at radius 1 is 1.13 bits per heavy atom. The molecule has 2 heterocycles. The van der Waals surface area contributed by atoms with Crippen LogP contribution >= 0.6 is 11.8 Å². The lowest BCUT2D eigenvalue weighted by molar-refractivity contribution is -0.116. The maximum Gasteiger partial charge on any atom is 0.190 e. The molecule has 0 bridgehead atoms. The number of ketones is 1. The Labute approximate surface area is 181 Å². The summed E-state index contributed by atoms with van der Waals surface area (Å²) < 4.78 is 5.32. The van der Waals surface area contributed by atoms with Crippen LogP contribution < -0.4 is 14.5 Å². The Bertz CT molecular complexity index is 1020. The third-order valence-electron chi connectivity index (χ3n) is 5.50. The molecule has 7 heteroatoms. The minimum atomic E-state index is -0.116. The summed E-state index contributed by atoms with van der Waals surface area (Å²) in [5.41, 5.74) is 2.40. The average molecular weight is 421 g/mol. The summed E-state index contributed by atoms with van der Waals surface area (Å²) in [5, 5.41) is 10.4. The summed E-state index contributed by atoms with van der Waals surface area (Å²) in [7, 11) is 3.58. The molecule has 0 amide bonds. The van der Waals surface area contributed by atoms with Crippen molar-refractivity contribution >= 4 is 28.9 Å². The molecule has 2 aliphatic heterocycles. The Morgan fingerprint density at radius 2 is 1.90 bits per heavy atom. The van der Waals surface area contributed by atoms with Crippen LogP contribution in [0.25, 0.3) is 0 Å². The predicted molar refractivity (Wildman–Crippen MR) is 120 cm³/mol. The normalized spacial score (nSPS) is 18.0. The number of nitrogens with zero attached hydrogens (tertiary/aromatic N) is 4. The maximum atomic E-state index is 13.0. The second-order valence-electron chi connectivity index (χ2n) is 7.31. The van der Waals surface area contributed by atoms with Crippen molar-refractivity contribution in [3.8, 4) is 11.8 Å². The summed E-state index contributed by atoms with van der Waals surface area (Å²) in [6, 6.07) is 18.2. The number of thioether (sulfide) groups is 1. The van der Waals surface area contributed by atoms with Gasteiger partial charge in [-0.3, -0.25) is 9.69 Å². The van der Waals surface area contributed by atoms with E-state index in [1.165, 1.54) is 11.8 Å². The summed E-state index contributed by atoms with van der Waals surface area (Å²) in [5.74, 6) is 0.726. The zero-order chi connectivity index (χ0) is 21.1. The summed E-state index contributed by atoms with van der Waals surface area (Å²) in [6.45, 7) is 3.49. The number of ether oxygens (including phenoxy) is 1. The number of hydrogen-bond acceptors (Lipinski definition) is 7. The molecule has 0 spiro atoms. The van der Waals surface area contributed by atoms with Crippen molar-refractivity contribution in [3.63, 3.8) is 0 Å². The van der Waals surface area contributed by atoms with Crippen molar-refractivity contribution in [1.29, 1.82) is 5.26 Å². The molecule has 0 aromatic heterocycles. The highest BCUT2D eigenvalue weighted by Gasteiger charge is 2.29. The first-order chi connectivity index (χ1) is 14.6. The van der Waals surface area contributed by atoms with Gasteiger partial charge in [-0.15, -0.1) is 0 Å². The summed E-state index contributed by atoms with van der Waals surface area (Å²) >= 11 is 1.49. The fraction of sp³-hybridized carbons (Fsp3) is 0.304. The van der Waals surface area contributed by atoms with Gasteiger partial charge in [0.2, 0.25) is 0 Å². The number of carbonyl (C=O) groups is 1. The molecule has 154 valence electrons. The van der Waals surface area contributed by atoms with Gasteiger partial charge in [0.25, 0.3) is 0 Å². The van der Waals surface area contributed by atoms with Gasteiger partial charge in [0.15, 0.2) is 5.78 Å². The molecule has 2 aromatic carbocycles. The first-order valence-electron chi connectivity index (χ1n) is 9.90. The molecule has 1 saturated heterocycles. The SMILES string of the molecule is COc1cccc(N2CCN(CC(=O)/C(C#N)=C3\Sc4ccccc4N3C)CC2)c1. The summed E-state index contributed by atoms with van der Waals surface area (Å²) in [6.07, 6.45) is 0. The first kappa shape index (κ1) is 20.3. The minimum absolute atomic E-state index is 0.116. The maximum absolute atomic E-state index is 13.0. The van der Waals surface area contributed by atoms with E-state index in [0.29, 0.717) is 0 Å². The lowest BCUT2D eigenvalue weighted by Gasteiger charge is -2.35. The number of rotatable bonds is 5. The monoisotopic (exact) mass is 420 g/mol. The topological polar surface area (TPSA) is 59.8 Å². The van der Waals surface area contributed by atoms with Crippen LogP contribution in [0.5, 0.6) is 5.75 Å². The molecule has 0 atom stereocenters. The van der Waals surface area contributed by atoms with Crippen LogP contribution in [0.15, 0.2) is 64.0 Å². The van der Waals surface area contributed by atoms with Crippen molar-refractivity contribution in [1.82, 2.24) is 4.90 Å². The lowest BCUT2D eigenvalue weighted by atomic mass is 10.1. The zero-order valence-electron chi connectivity index (χ0n) is 17.2. The Kier molecular flexibility index (Phi) is 5.98. The number of para-hydroxylation sites is 1. The van der Waals surface area contributed by atoms with E-state index in [1.54, 1.807) is 7.11 Å². The molecule has 0 unspecified atom stereocenters. The molecule has 30 heavy (non-hydrogen) atoms.